The van der Waals surface area contributed by atoms with E-state index >= 15 is 0 Å². The number of carbonyl (C=O) groups is 1. The van der Waals surface area contributed by atoms with E-state index in [4.69, 9.17) is 11.6 Å². The van der Waals surface area contributed by atoms with E-state index in [1.54, 1.807) is 6.07 Å². The molecule has 5 heteroatoms. The Morgan fingerprint density at radius 1 is 1.25 bits per heavy atom. The number of carbonyl (C=O) groups excluding carboxylic acids is 1. The standard InChI is InChI=1S/C15H12BrClN2O/c16-14-11(17)5-3-7-13(14)19-15(20)10-8-18-12-6-2-1-4-9(10)12/h1-7,10,18H,8H2,(H,19,20). The summed E-state index contributed by atoms with van der Waals surface area (Å²) in [4.78, 5) is 12.4. The van der Waals surface area contributed by atoms with Gasteiger partial charge in [0.1, 0.15) is 0 Å². The van der Waals surface area contributed by atoms with Gasteiger partial charge in [0.15, 0.2) is 0 Å². The number of anilines is 2. The van der Waals surface area contributed by atoms with Crippen LogP contribution in [0.2, 0.25) is 5.02 Å². The van der Waals surface area contributed by atoms with Crippen LogP contribution in [0.1, 0.15) is 11.5 Å². The van der Waals surface area contributed by atoms with E-state index in [1.807, 2.05) is 36.4 Å². The smallest absolute Gasteiger partial charge is 0.233 e. The van der Waals surface area contributed by atoms with Crippen molar-refractivity contribution in [3.63, 3.8) is 0 Å². The van der Waals surface area contributed by atoms with Gasteiger partial charge in [-0.2, -0.15) is 0 Å². The number of benzene rings is 2. The van der Waals surface area contributed by atoms with Crippen molar-refractivity contribution in [2.75, 3.05) is 17.2 Å². The molecule has 0 aliphatic carbocycles. The predicted molar refractivity (Wildman–Crippen MR) is 85.5 cm³/mol. The lowest BCUT2D eigenvalue weighted by molar-refractivity contribution is -0.117. The minimum absolute atomic E-state index is 0.0367. The molecule has 0 radical (unpaired) electrons. The number of hydrogen-bond acceptors (Lipinski definition) is 2. The quantitative estimate of drug-likeness (QED) is 0.849. The average molecular weight is 352 g/mol. The van der Waals surface area contributed by atoms with E-state index < -0.39 is 0 Å². The Morgan fingerprint density at radius 2 is 2.05 bits per heavy atom. The Morgan fingerprint density at radius 3 is 2.90 bits per heavy atom. The first-order valence-corrected chi connectivity index (χ1v) is 7.41. The van der Waals surface area contributed by atoms with Crippen LogP contribution in [0.5, 0.6) is 0 Å². The van der Waals surface area contributed by atoms with Gasteiger partial charge >= 0.3 is 0 Å². The molecule has 0 aromatic heterocycles. The molecule has 102 valence electrons. The fourth-order valence-corrected chi connectivity index (χ4v) is 2.88. The Kier molecular flexibility index (Phi) is 3.68. The highest BCUT2D eigenvalue weighted by atomic mass is 79.9. The molecule has 3 rings (SSSR count). The Labute approximate surface area is 130 Å². The van der Waals surface area contributed by atoms with Crippen molar-refractivity contribution in [3.05, 3.63) is 57.5 Å². The summed E-state index contributed by atoms with van der Waals surface area (Å²) < 4.78 is 0.703. The minimum Gasteiger partial charge on any atom is -0.384 e. The van der Waals surface area contributed by atoms with Gasteiger partial charge < -0.3 is 10.6 Å². The van der Waals surface area contributed by atoms with Crippen molar-refractivity contribution in [2.24, 2.45) is 0 Å². The molecule has 20 heavy (non-hydrogen) atoms. The SMILES string of the molecule is O=C(Nc1cccc(Cl)c1Br)C1CNc2ccccc21. The van der Waals surface area contributed by atoms with Crippen LogP contribution in [0.25, 0.3) is 0 Å². The Bertz CT molecular complexity index is 675. The van der Waals surface area contributed by atoms with Gasteiger partial charge in [-0.15, -0.1) is 0 Å². The van der Waals surface area contributed by atoms with Gasteiger partial charge in [-0.05, 0) is 39.7 Å². The van der Waals surface area contributed by atoms with Crippen LogP contribution in [0, 0.1) is 0 Å². The molecule has 1 aliphatic rings. The minimum atomic E-state index is -0.183. The van der Waals surface area contributed by atoms with Crippen LogP contribution >= 0.6 is 27.5 Å². The first-order valence-electron chi connectivity index (χ1n) is 6.24. The lowest BCUT2D eigenvalue weighted by Crippen LogP contribution is -2.22. The van der Waals surface area contributed by atoms with E-state index in [1.165, 1.54) is 0 Å². The zero-order chi connectivity index (χ0) is 14.1. The number of para-hydroxylation sites is 1. The third-order valence-electron chi connectivity index (χ3n) is 3.36. The maximum Gasteiger partial charge on any atom is 0.233 e. The summed E-state index contributed by atoms with van der Waals surface area (Å²) in [5.41, 5.74) is 2.74. The van der Waals surface area contributed by atoms with Crippen molar-refractivity contribution in [2.45, 2.75) is 5.92 Å². The summed E-state index contributed by atoms with van der Waals surface area (Å²) in [6.45, 7) is 0.614. The highest BCUT2D eigenvalue weighted by Gasteiger charge is 2.28. The summed E-state index contributed by atoms with van der Waals surface area (Å²) >= 11 is 9.41. The summed E-state index contributed by atoms with van der Waals surface area (Å²) in [5.74, 6) is -0.220. The molecule has 0 fully saturated rings. The van der Waals surface area contributed by atoms with E-state index in [9.17, 15) is 4.79 Å². The maximum absolute atomic E-state index is 12.4. The van der Waals surface area contributed by atoms with Crippen molar-refractivity contribution in [3.8, 4) is 0 Å². The van der Waals surface area contributed by atoms with E-state index in [0.29, 0.717) is 21.7 Å². The summed E-state index contributed by atoms with van der Waals surface area (Å²) in [6.07, 6.45) is 0. The lowest BCUT2D eigenvalue weighted by atomic mass is 10.0. The molecule has 3 nitrogen and oxygen atoms in total. The van der Waals surface area contributed by atoms with Crippen molar-refractivity contribution >= 4 is 44.8 Å². The Hall–Kier alpha value is -1.52. The van der Waals surface area contributed by atoms with Crippen LogP contribution in [0.3, 0.4) is 0 Å². The fraction of sp³-hybridized carbons (Fsp3) is 0.133. The Balaban J connectivity index is 1.83. The molecule has 2 aromatic rings. The third kappa shape index (κ3) is 2.41. The topological polar surface area (TPSA) is 41.1 Å². The highest BCUT2D eigenvalue weighted by molar-refractivity contribution is 9.10. The molecule has 0 bridgehead atoms. The molecule has 2 N–H and O–H groups in total. The van der Waals surface area contributed by atoms with Crippen LogP contribution in [0.15, 0.2) is 46.9 Å². The monoisotopic (exact) mass is 350 g/mol. The van der Waals surface area contributed by atoms with E-state index in [-0.39, 0.29) is 11.8 Å². The third-order valence-corrected chi connectivity index (χ3v) is 4.76. The van der Waals surface area contributed by atoms with Gasteiger partial charge in [-0.3, -0.25) is 4.79 Å². The molecule has 1 unspecified atom stereocenters. The number of fused-ring (bicyclic) bond motifs is 1. The fourth-order valence-electron chi connectivity index (χ4n) is 2.34. The molecule has 1 atom stereocenters. The molecular formula is C15H12BrClN2O. The van der Waals surface area contributed by atoms with E-state index in [0.717, 1.165) is 11.3 Å². The number of nitrogens with one attached hydrogen (secondary N) is 2. The number of halogens is 2. The van der Waals surface area contributed by atoms with Gasteiger partial charge in [0.25, 0.3) is 0 Å². The second-order valence-corrected chi connectivity index (χ2v) is 5.81. The van der Waals surface area contributed by atoms with Crippen molar-refractivity contribution < 1.29 is 4.79 Å². The average Bonchev–Trinajstić information content (AvgIpc) is 2.88. The normalized spacial score (nSPS) is 16.4. The highest BCUT2D eigenvalue weighted by Crippen LogP contribution is 2.34. The first kappa shape index (κ1) is 13.5. The van der Waals surface area contributed by atoms with Crippen LogP contribution in [-0.4, -0.2) is 12.5 Å². The van der Waals surface area contributed by atoms with Crippen LogP contribution < -0.4 is 10.6 Å². The largest absolute Gasteiger partial charge is 0.384 e. The lowest BCUT2D eigenvalue weighted by Gasteiger charge is -2.13. The van der Waals surface area contributed by atoms with Crippen molar-refractivity contribution in [1.29, 1.82) is 0 Å². The summed E-state index contributed by atoms with van der Waals surface area (Å²) in [7, 11) is 0. The summed E-state index contributed by atoms with van der Waals surface area (Å²) in [5, 5.41) is 6.74. The second-order valence-electron chi connectivity index (χ2n) is 4.61. The van der Waals surface area contributed by atoms with Crippen molar-refractivity contribution in [1.82, 2.24) is 0 Å². The van der Waals surface area contributed by atoms with E-state index in [2.05, 4.69) is 26.6 Å². The molecule has 0 saturated heterocycles. The first-order chi connectivity index (χ1) is 9.66. The molecule has 0 spiro atoms. The van der Waals surface area contributed by atoms with Gasteiger partial charge in [0, 0.05) is 12.2 Å². The number of rotatable bonds is 2. The zero-order valence-electron chi connectivity index (χ0n) is 10.5. The van der Waals surface area contributed by atoms with Crippen LogP contribution in [0.4, 0.5) is 11.4 Å². The van der Waals surface area contributed by atoms with Gasteiger partial charge in [-0.25, -0.2) is 0 Å². The predicted octanol–water partition coefficient (Wildman–Crippen LogP) is 4.25. The molecule has 0 saturated carbocycles. The number of amides is 1. The van der Waals surface area contributed by atoms with Crippen LogP contribution in [-0.2, 0) is 4.79 Å². The summed E-state index contributed by atoms with van der Waals surface area (Å²) in [6, 6.07) is 13.3. The molecule has 1 heterocycles. The van der Waals surface area contributed by atoms with Gasteiger partial charge in [0.05, 0.1) is 21.1 Å². The second kappa shape index (κ2) is 5.46. The molecular weight excluding hydrogens is 340 g/mol. The zero-order valence-corrected chi connectivity index (χ0v) is 12.8. The molecule has 2 aromatic carbocycles. The van der Waals surface area contributed by atoms with Gasteiger partial charge in [-0.1, -0.05) is 35.9 Å². The number of hydrogen-bond donors (Lipinski definition) is 2. The van der Waals surface area contributed by atoms with Gasteiger partial charge in [0.2, 0.25) is 5.91 Å². The maximum atomic E-state index is 12.4. The molecule has 1 amide bonds. The molecule has 1 aliphatic heterocycles.